The Morgan fingerprint density at radius 3 is 2.52 bits per heavy atom. The van der Waals surface area contributed by atoms with Crippen LogP contribution < -0.4 is 10.6 Å². The molecule has 1 aliphatic heterocycles. The first-order valence-corrected chi connectivity index (χ1v) is 8.20. The van der Waals surface area contributed by atoms with Gasteiger partial charge in [0.1, 0.15) is 5.82 Å². The van der Waals surface area contributed by atoms with Crippen LogP contribution in [0, 0.1) is 5.82 Å². The number of halogens is 2. The van der Waals surface area contributed by atoms with Gasteiger partial charge in [-0.25, -0.2) is 9.18 Å². The van der Waals surface area contributed by atoms with Crippen LogP contribution in [0.1, 0.15) is 17.2 Å². The van der Waals surface area contributed by atoms with Crippen molar-refractivity contribution in [1.82, 2.24) is 10.6 Å². The zero-order valence-corrected chi connectivity index (χ0v) is 14.7. The van der Waals surface area contributed by atoms with Crippen molar-refractivity contribution in [3.8, 4) is 0 Å². The van der Waals surface area contributed by atoms with Gasteiger partial charge in [0.25, 0.3) is 0 Å². The van der Waals surface area contributed by atoms with E-state index in [0.717, 1.165) is 0 Å². The van der Waals surface area contributed by atoms with E-state index in [4.69, 9.17) is 28.6 Å². The molecule has 0 amide bonds. The number of rotatable bonds is 3. The second-order valence-corrected chi connectivity index (χ2v) is 6.18. The average Bonchev–Trinajstić information content (AvgIpc) is 2.61. The van der Waals surface area contributed by atoms with Gasteiger partial charge in [-0.15, -0.1) is 0 Å². The van der Waals surface area contributed by atoms with Crippen LogP contribution in [0.25, 0.3) is 5.70 Å². The van der Waals surface area contributed by atoms with Crippen LogP contribution in [0.2, 0.25) is 5.02 Å². The summed E-state index contributed by atoms with van der Waals surface area (Å²) in [5, 5.41) is 6.76. The third kappa shape index (κ3) is 3.50. The molecule has 0 radical (unpaired) electrons. The molecule has 1 heterocycles. The Labute approximate surface area is 154 Å². The van der Waals surface area contributed by atoms with Gasteiger partial charge < -0.3 is 15.4 Å². The van der Waals surface area contributed by atoms with Crippen LogP contribution in [0.5, 0.6) is 0 Å². The van der Waals surface area contributed by atoms with Crippen molar-refractivity contribution in [2.24, 2.45) is 0 Å². The van der Waals surface area contributed by atoms with Gasteiger partial charge in [-0.3, -0.25) is 0 Å². The van der Waals surface area contributed by atoms with E-state index >= 15 is 0 Å². The molecule has 25 heavy (non-hydrogen) atoms. The van der Waals surface area contributed by atoms with E-state index in [-0.39, 0.29) is 10.7 Å². The number of hydrogen-bond acceptors (Lipinski definition) is 3. The van der Waals surface area contributed by atoms with Crippen molar-refractivity contribution in [3.63, 3.8) is 0 Å². The van der Waals surface area contributed by atoms with E-state index in [1.165, 1.54) is 13.2 Å². The molecule has 0 saturated heterocycles. The topological polar surface area (TPSA) is 50.4 Å². The molecular formula is C18H14ClFN2O2S. The van der Waals surface area contributed by atoms with Gasteiger partial charge in [-0.1, -0.05) is 41.9 Å². The van der Waals surface area contributed by atoms with Gasteiger partial charge in [-0.2, -0.15) is 0 Å². The molecule has 0 bridgehead atoms. The van der Waals surface area contributed by atoms with Crippen LogP contribution in [0.4, 0.5) is 4.39 Å². The Hall–Kier alpha value is -2.44. The summed E-state index contributed by atoms with van der Waals surface area (Å²) in [4.78, 5) is 12.5. The lowest BCUT2D eigenvalue weighted by atomic mass is 9.92. The smallest absolute Gasteiger partial charge is 0.338 e. The Morgan fingerprint density at radius 2 is 1.88 bits per heavy atom. The highest BCUT2D eigenvalue weighted by Crippen LogP contribution is 2.33. The third-order valence-corrected chi connectivity index (χ3v) is 4.30. The van der Waals surface area contributed by atoms with Crippen LogP contribution in [0.15, 0.2) is 54.1 Å². The zero-order valence-electron chi connectivity index (χ0n) is 13.2. The van der Waals surface area contributed by atoms with E-state index < -0.39 is 17.8 Å². The summed E-state index contributed by atoms with van der Waals surface area (Å²) >= 11 is 11.2. The van der Waals surface area contributed by atoms with Crippen molar-refractivity contribution >= 4 is 40.6 Å². The first kappa shape index (κ1) is 17.4. The standard InChI is InChI=1S/C18H14ClFN2O2S/c1-24-17(23)14-15(10-6-8-11(19)9-7-10)21-18(25)22-16(14)12-4-2-3-5-13(12)20/h2-9,16H,1H3,(H2,21,22,25)/t16-/m1/s1. The molecule has 0 aromatic heterocycles. The molecule has 128 valence electrons. The van der Waals surface area contributed by atoms with Gasteiger partial charge in [0, 0.05) is 10.6 Å². The Balaban J connectivity index is 2.21. The average molecular weight is 377 g/mol. The summed E-state index contributed by atoms with van der Waals surface area (Å²) in [6.07, 6.45) is 0. The predicted octanol–water partition coefficient (Wildman–Crippen LogP) is 3.58. The van der Waals surface area contributed by atoms with Crippen LogP contribution >= 0.6 is 23.8 Å². The molecule has 3 rings (SSSR count). The van der Waals surface area contributed by atoms with Crippen molar-refractivity contribution in [1.29, 1.82) is 0 Å². The summed E-state index contributed by atoms with van der Waals surface area (Å²) in [7, 11) is 1.28. The number of esters is 1. The first-order chi connectivity index (χ1) is 12.0. The molecule has 0 saturated carbocycles. The third-order valence-electron chi connectivity index (χ3n) is 3.83. The summed E-state index contributed by atoms with van der Waals surface area (Å²) in [6.45, 7) is 0. The maximum absolute atomic E-state index is 14.3. The molecule has 0 aliphatic carbocycles. The van der Waals surface area contributed by atoms with Crippen molar-refractivity contribution in [3.05, 3.63) is 76.1 Å². The van der Waals surface area contributed by atoms with Crippen molar-refractivity contribution < 1.29 is 13.9 Å². The molecule has 2 aromatic carbocycles. The number of carbonyl (C=O) groups excluding carboxylic acids is 1. The minimum Gasteiger partial charge on any atom is -0.466 e. The van der Waals surface area contributed by atoms with Crippen LogP contribution in [-0.4, -0.2) is 18.2 Å². The largest absolute Gasteiger partial charge is 0.466 e. The number of nitrogens with one attached hydrogen (secondary N) is 2. The molecule has 0 unspecified atom stereocenters. The molecule has 7 heteroatoms. The predicted molar refractivity (Wildman–Crippen MR) is 98.4 cm³/mol. The van der Waals surface area contributed by atoms with Gasteiger partial charge in [0.2, 0.25) is 0 Å². The van der Waals surface area contributed by atoms with Crippen LogP contribution in [0.3, 0.4) is 0 Å². The maximum Gasteiger partial charge on any atom is 0.338 e. The van der Waals surface area contributed by atoms with E-state index in [1.807, 2.05) is 0 Å². The molecule has 2 N–H and O–H groups in total. The van der Waals surface area contributed by atoms with Gasteiger partial charge in [0.05, 0.1) is 24.4 Å². The molecule has 0 fully saturated rings. The number of ether oxygens (including phenoxy) is 1. The summed E-state index contributed by atoms with van der Waals surface area (Å²) < 4.78 is 19.3. The molecule has 1 aliphatic rings. The maximum atomic E-state index is 14.3. The fourth-order valence-corrected chi connectivity index (χ4v) is 3.03. The minimum atomic E-state index is -0.770. The van der Waals surface area contributed by atoms with E-state index in [9.17, 15) is 9.18 Å². The van der Waals surface area contributed by atoms with Gasteiger partial charge in [-0.05, 0) is 36.0 Å². The number of hydrogen-bond donors (Lipinski definition) is 2. The second kappa shape index (κ2) is 7.21. The highest BCUT2D eigenvalue weighted by molar-refractivity contribution is 7.80. The lowest BCUT2D eigenvalue weighted by Gasteiger charge is -2.31. The lowest BCUT2D eigenvalue weighted by Crippen LogP contribution is -2.45. The zero-order chi connectivity index (χ0) is 18.0. The molecule has 4 nitrogen and oxygen atoms in total. The SMILES string of the molecule is COC(=O)C1=C(c2ccc(Cl)cc2)NC(=S)N[C@@H]1c1ccccc1F. The second-order valence-electron chi connectivity index (χ2n) is 5.34. The highest BCUT2D eigenvalue weighted by atomic mass is 35.5. The number of benzene rings is 2. The van der Waals surface area contributed by atoms with Gasteiger partial charge >= 0.3 is 5.97 Å². The number of carbonyl (C=O) groups is 1. The highest BCUT2D eigenvalue weighted by Gasteiger charge is 2.34. The summed E-state index contributed by atoms with van der Waals surface area (Å²) in [5.74, 6) is -1.03. The lowest BCUT2D eigenvalue weighted by molar-refractivity contribution is -0.136. The fourth-order valence-electron chi connectivity index (χ4n) is 2.68. The monoisotopic (exact) mass is 376 g/mol. The Bertz CT molecular complexity index is 868. The molecule has 0 spiro atoms. The fraction of sp³-hybridized carbons (Fsp3) is 0.111. The quantitative estimate of drug-likeness (QED) is 0.633. The Morgan fingerprint density at radius 1 is 1.20 bits per heavy atom. The minimum absolute atomic E-state index is 0.239. The summed E-state index contributed by atoms with van der Waals surface area (Å²) in [6, 6.07) is 12.3. The number of thiocarbonyl (C=S) groups is 1. The molecular weight excluding hydrogens is 363 g/mol. The van der Waals surface area contributed by atoms with Crippen LogP contribution in [-0.2, 0) is 9.53 Å². The van der Waals surface area contributed by atoms with Gasteiger partial charge in [0.15, 0.2) is 5.11 Å². The van der Waals surface area contributed by atoms with Crippen molar-refractivity contribution in [2.75, 3.05) is 7.11 Å². The molecule has 2 aromatic rings. The Kier molecular flexibility index (Phi) is 5.01. The summed E-state index contributed by atoms with van der Waals surface area (Å²) in [5.41, 5.74) is 1.69. The number of methoxy groups -OCH3 is 1. The van der Waals surface area contributed by atoms with Crippen molar-refractivity contribution in [2.45, 2.75) is 6.04 Å². The first-order valence-electron chi connectivity index (χ1n) is 7.41. The normalized spacial score (nSPS) is 16.9. The van der Waals surface area contributed by atoms with E-state index in [2.05, 4.69) is 10.6 Å². The molecule has 1 atom stereocenters. The van der Waals surface area contributed by atoms with E-state index in [0.29, 0.717) is 21.8 Å². The van der Waals surface area contributed by atoms with E-state index in [1.54, 1.807) is 42.5 Å².